The molecule has 5 atom stereocenters. The number of aryl methyl sites for hydroxylation is 1. The Labute approximate surface area is 184 Å². The molecule has 4 rings (SSSR count). The molecule has 1 aromatic rings. The number of rotatable bonds is 1. The van der Waals surface area contributed by atoms with E-state index in [2.05, 4.69) is 20.1 Å². The molecule has 1 aromatic carbocycles. The molecular weight excluding hydrogens is 392 g/mol. The number of carbonyl (C=O) groups is 2. The van der Waals surface area contributed by atoms with Gasteiger partial charge in [-0.15, -0.1) is 0 Å². The highest BCUT2D eigenvalue weighted by Gasteiger charge is 2.61. The topological polar surface area (TPSA) is 65.1 Å². The highest BCUT2D eigenvalue weighted by molar-refractivity contribution is 5.92. The molecule has 5 nitrogen and oxygen atoms in total. The number of epoxide rings is 1. The summed E-state index contributed by atoms with van der Waals surface area (Å²) in [6, 6.07) is 7.65. The predicted octanol–water partition coefficient (Wildman–Crippen LogP) is 4.94. The van der Waals surface area contributed by atoms with E-state index in [9.17, 15) is 9.59 Å². The molecule has 2 fully saturated rings. The molecular formula is C26H32O5. The highest BCUT2D eigenvalue weighted by atomic mass is 16.6. The van der Waals surface area contributed by atoms with Crippen molar-refractivity contribution < 1.29 is 23.8 Å². The first-order chi connectivity index (χ1) is 14.8. The second-order valence-corrected chi connectivity index (χ2v) is 9.40. The third-order valence-corrected chi connectivity index (χ3v) is 6.96. The maximum atomic E-state index is 13.1. The quantitative estimate of drug-likeness (QED) is 0.276. The van der Waals surface area contributed by atoms with Gasteiger partial charge in [0.05, 0.1) is 11.2 Å². The number of fused-ring (bicyclic) bond motifs is 4. The number of carbonyl (C=O) groups excluding carboxylic acids is 2. The van der Waals surface area contributed by atoms with Gasteiger partial charge in [-0.2, -0.15) is 0 Å². The van der Waals surface area contributed by atoms with Gasteiger partial charge < -0.3 is 14.2 Å². The van der Waals surface area contributed by atoms with Crippen LogP contribution in [0.5, 0.6) is 0 Å². The maximum absolute atomic E-state index is 13.1. The summed E-state index contributed by atoms with van der Waals surface area (Å²) in [5.41, 5.74) is 2.50. The third kappa shape index (κ3) is 4.47. The molecule has 0 saturated carbocycles. The van der Waals surface area contributed by atoms with Gasteiger partial charge in [0.15, 0.2) is 0 Å². The zero-order chi connectivity index (χ0) is 22.2. The fourth-order valence-electron chi connectivity index (χ4n) is 4.91. The van der Waals surface area contributed by atoms with Crippen molar-refractivity contribution >= 4 is 11.9 Å². The van der Waals surface area contributed by atoms with Gasteiger partial charge in [-0.25, -0.2) is 9.59 Å². The van der Waals surface area contributed by atoms with Crippen LogP contribution in [0, 0.1) is 5.92 Å². The number of cyclic esters (lactones) is 1. The van der Waals surface area contributed by atoms with E-state index >= 15 is 0 Å². The lowest BCUT2D eigenvalue weighted by atomic mass is 9.84. The van der Waals surface area contributed by atoms with Crippen molar-refractivity contribution in [2.24, 2.45) is 5.92 Å². The smallest absolute Gasteiger partial charge is 0.339 e. The molecule has 31 heavy (non-hydrogen) atoms. The molecule has 2 saturated heterocycles. The summed E-state index contributed by atoms with van der Waals surface area (Å²) in [5.74, 6) is -1.00. The predicted molar refractivity (Wildman–Crippen MR) is 118 cm³/mol. The van der Waals surface area contributed by atoms with Crippen LogP contribution in [0.15, 0.2) is 48.6 Å². The van der Waals surface area contributed by atoms with Crippen LogP contribution in [0.1, 0.15) is 68.3 Å². The lowest BCUT2D eigenvalue weighted by Gasteiger charge is -2.24. The molecule has 0 aromatic heterocycles. The van der Waals surface area contributed by atoms with Crippen molar-refractivity contribution in [3.63, 3.8) is 0 Å². The standard InChI is InChI=1S/C26H32O5/c1-16(2)21-15-20-17(3)24(27)30-22(20)23-26(4,31-23)14-10-6-5-7-11-18-12-8-9-13-19(18)25(28)29-21/h8-9,12-13,20-23H,1,3,5-7,10-11,14-15H2,2,4H3/t20-,21-,22-,23-,26+/m0/s1. The Morgan fingerprint density at radius 2 is 1.81 bits per heavy atom. The van der Waals surface area contributed by atoms with Crippen molar-refractivity contribution in [3.8, 4) is 0 Å². The summed E-state index contributed by atoms with van der Waals surface area (Å²) in [7, 11) is 0. The lowest BCUT2D eigenvalue weighted by molar-refractivity contribution is -0.140. The Hall–Kier alpha value is -2.40. The van der Waals surface area contributed by atoms with Gasteiger partial charge in [-0.3, -0.25) is 0 Å². The zero-order valence-corrected chi connectivity index (χ0v) is 18.5. The van der Waals surface area contributed by atoms with E-state index in [1.54, 1.807) is 0 Å². The maximum Gasteiger partial charge on any atom is 0.339 e. The van der Waals surface area contributed by atoms with Crippen molar-refractivity contribution in [1.82, 2.24) is 0 Å². The fraction of sp³-hybridized carbons (Fsp3) is 0.538. The summed E-state index contributed by atoms with van der Waals surface area (Å²) in [4.78, 5) is 25.4. The summed E-state index contributed by atoms with van der Waals surface area (Å²) in [5, 5.41) is 0. The highest BCUT2D eigenvalue weighted by Crippen LogP contribution is 2.49. The first-order valence-electron chi connectivity index (χ1n) is 11.3. The Kier molecular flexibility index (Phi) is 6.07. The van der Waals surface area contributed by atoms with Crippen LogP contribution < -0.4 is 0 Å². The van der Waals surface area contributed by atoms with E-state index in [0.29, 0.717) is 17.6 Å². The van der Waals surface area contributed by atoms with Crippen LogP contribution in [-0.4, -0.2) is 35.9 Å². The van der Waals surface area contributed by atoms with Gasteiger partial charge in [0.25, 0.3) is 0 Å². The summed E-state index contributed by atoms with van der Waals surface area (Å²) in [6.45, 7) is 11.9. The second-order valence-electron chi connectivity index (χ2n) is 9.40. The lowest BCUT2D eigenvalue weighted by Crippen LogP contribution is -2.32. The summed E-state index contributed by atoms with van der Waals surface area (Å²) >= 11 is 0. The molecule has 166 valence electrons. The average molecular weight is 425 g/mol. The summed E-state index contributed by atoms with van der Waals surface area (Å²) < 4.78 is 17.7. The normalized spacial score (nSPS) is 34.1. The Bertz CT molecular complexity index is 903. The SMILES string of the molecule is C=C(C)[C@@H]1C[C@H]2C(=C)C(=O)O[C@@H]2[C@@H]2O[C@]2(C)CCCCCCc2ccccc2C(=O)O1. The molecule has 0 unspecified atom stereocenters. The van der Waals surface area contributed by atoms with Crippen molar-refractivity contribution in [1.29, 1.82) is 0 Å². The molecule has 0 amide bonds. The molecule has 0 N–H and O–H groups in total. The summed E-state index contributed by atoms with van der Waals surface area (Å²) in [6.07, 6.45) is 5.43. The van der Waals surface area contributed by atoms with Crippen LogP contribution in [0.25, 0.3) is 0 Å². The van der Waals surface area contributed by atoms with Crippen LogP contribution in [0.2, 0.25) is 0 Å². The molecule has 0 spiro atoms. The largest absolute Gasteiger partial charge is 0.455 e. The van der Waals surface area contributed by atoms with Crippen LogP contribution in [0.3, 0.4) is 0 Å². The second kappa shape index (κ2) is 8.62. The van der Waals surface area contributed by atoms with Crippen LogP contribution in [0.4, 0.5) is 0 Å². The van der Waals surface area contributed by atoms with Crippen LogP contribution >= 0.6 is 0 Å². The minimum Gasteiger partial charge on any atom is -0.455 e. The average Bonchev–Trinajstić information content (AvgIpc) is 3.33. The van der Waals surface area contributed by atoms with E-state index in [1.165, 1.54) is 0 Å². The van der Waals surface area contributed by atoms with Gasteiger partial charge in [0.2, 0.25) is 0 Å². The first kappa shape index (κ1) is 21.8. The van der Waals surface area contributed by atoms with E-state index < -0.39 is 12.2 Å². The monoisotopic (exact) mass is 424 g/mol. The number of benzene rings is 1. The number of esters is 2. The molecule has 3 aliphatic rings. The number of hydrogen-bond donors (Lipinski definition) is 0. The molecule has 3 heterocycles. The van der Waals surface area contributed by atoms with Crippen molar-refractivity contribution in [2.75, 3.05) is 0 Å². The molecule has 0 bridgehead atoms. The minimum atomic E-state index is -0.530. The van der Waals surface area contributed by atoms with Crippen molar-refractivity contribution in [2.45, 2.75) is 82.7 Å². The van der Waals surface area contributed by atoms with E-state index in [0.717, 1.165) is 49.7 Å². The molecule has 0 aliphatic carbocycles. The van der Waals surface area contributed by atoms with Gasteiger partial charge in [0, 0.05) is 11.5 Å². The first-order valence-corrected chi connectivity index (χ1v) is 11.3. The van der Waals surface area contributed by atoms with Gasteiger partial charge >= 0.3 is 11.9 Å². The molecule has 3 aliphatic heterocycles. The Morgan fingerprint density at radius 3 is 2.58 bits per heavy atom. The van der Waals surface area contributed by atoms with Gasteiger partial charge in [0.1, 0.15) is 18.3 Å². The van der Waals surface area contributed by atoms with E-state index in [4.69, 9.17) is 14.2 Å². The third-order valence-electron chi connectivity index (χ3n) is 6.96. The molecule has 5 heteroatoms. The van der Waals surface area contributed by atoms with Crippen LogP contribution in [-0.2, 0) is 25.4 Å². The van der Waals surface area contributed by atoms with Gasteiger partial charge in [-0.1, -0.05) is 50.6 Å². The molecule has 0 radical (unpaired) electrons. The number of ether oxygens (including phenoxy) is 3. The van der Waals surface area contributed by atoms with E-state index in [-0.39, 0.29) is 29.6 Å². The Balaban J connectivity index is 1.62. The fourth-order valence-corrected chi connectivity index (χ4v) is 4.91. The van der Waals surface area contributed by atoms with E-state index in [1.807, 2.05) is 31.2 Å². The van der Waals surface area contributed by atoms with Crippen molar-refractivity contribution in [3.05, 3.63) is 59.7 Å². The van der Waals surface area contributed by atoms with Gasteiger partial charge in [-0.05, 0) is 56.7 Å². The Morgan fingerprint density at radius 1 is 1.06 bits per heavy atom. The minimum absolute atomic E-state index is 0.143. The zero-order valence-electron chi connectivity index (χ0n) is 18.5. The number of hydrogen-bond acceptors (Lipinski definition) is 5.